The first-order valence-corrected chi connectivity index (χ1v) is 12.4. The topological polar surface area (TPSA) is 140 Å². The van der Waals surface area contributed by atoms with Crippen molar-refractivity contribution in [1.82, 2.24) is 5.32 Å². The monoisotopic (exact) mass is 595 g/mol. The van der Waals surface area contributed by atoms with Gasteiger partial charge in [0.15, 0.2) is 0 Å². The molecule has 4 rings (SSSR count). The minimum atomic E-state index is -1.19. The van der Waals surface area contributed by atoms with Crippen molar-refractivity contribution in [1.29, 1.82) is 0 Å². The Labute approximate surface area is 261 Å². The summed E-state index contributed by atoms with van der Waals surface area (Å²) in [6, 6.07) is 14.3. The van der Waals surface area contributed by atoms with E-state index in [1.165, 1.54) is 24.3 Å². The Morgan fingerprint density at radius 2 is 1.64 bits per heavy atom. The summed E-state index contributed by atoms with van der Waals surface area (Å²) in [5.41, 5.74) is 13.8. The number of aliphatic carboxylic acids is 1. The van der Waals surface area contributed by atoms with E-state index in [1.807, 2.05) is 0 Å². The second-order valence-electron chi connectivity index (χ2n) is 8.28. The quantitative estimate of drug-likeness (QED) is 0.278. The molecule has 0 aromatic heterocycles. The van der Waals surface area contributed by atoms with Crippen molar-refractivity contribution in [3.63, 3.8) is 0 Å². The van der Waals surface area contributed by atoms with Gasteiger partial charge in [0.05, 0.1) is 21.7 Å². The molecule has 0 saturated carbocycles. The molecule has 1 atom stereocenters. The summed E-state index contributed by atoms with van der Waals surface area (Å²) in [6.45, 7) is 0.242. The van der Waals surface area contributed by atoms with Crippen LogP contribution in [0.5, 0.6) is 17.2 Å². The Morgan fingerprint density at radius 3 is 2.31 bits per heavy atom. The molecule has 1 amide bonds. The number of nitrogens with one attached hydrogen (secondary N) is 1. The van der Waals surface area contributed by atoms with Crippen molar-refractivity contribution >= 4 is 52.4 Å². The molecule has 1 aliphatic heterocycles. The van der Waals surface area contributed by atoms with Crippen LogP contribution in [0.1, 0.15) is 33.8 Å². The minimum Gasteiger partial charge on any atom is -0.549 e. The van der Waals surface area contributed by atoms with Crippen LogP contribution in [-0.4, -0.2) is 18.5 Å². The van der Waals surface area contributed by atoms with Crippen molar-refractivity contribution < 1.29 is 53.7 Å². The van der Waals surface area contributed by atoms with Crippen molar-refractivity contribution in [2.75, 3.05) is 6.61 Å². The predicted octanol–water partition coefficient (Wildman–Crippen LogP) is 1.59. The molecule has 0 fully saturated rings. The van der Waals surface area contributed by atoms with Crippen LogP contribution in [-0.2, 0) is 4.79 Å². The minimum absolute atomic E-state index is 0. The number of hydrogen-bond donors (Lipinski definition) is 3. The second kappa shape index (κ2) is 13.5. The third-order valence-corrected chi connectivity index (χ3v) is 6.72. The fraction of sp³-hybridized carbons (Fsp3) is 0.111. The van der Waals surface area contributed by atoms with Crippen LogP contribution < -0.4 is 60.9 Å². The average molecular weight is 597 g/mol. The zero-order valence-electron chi connectivity index (χ0n) is 20.7. The van der Waals surface area contributed by atoms with Gasteiger partial charge in [-0.15, -0.1) is 0 Å². The van der Waals surface area contributed by atoms with Gasteiger partial charge in [-0.2, -0.15) is 0 Å². The predicted molar refractivity (Wildman–Crippen MR) is 144 cm³/mol. The average Bonchev–Trinajstić information content (AvgIpc) is 2.89. The van der Waals surface area contributed by atoms with Crippen LogP contribution in [0.3, 0.4) is 0 Å². The van der Waals surface area contributed by atoms with E-state index in [9.17, 15) is 14.7 Å². The zero-order valence-corrected chi connectivity index (χ0v) is 24.9. The van der Waals surface area contributed by atoms with Gasteiger partial charge < -0.3 is 36.2 Å². The Bertz CT molecular complexity index is 1460. The van der Waals surface area contributed by atoms with E-state index < -0.39 is 17.8 Å². The SMILES string of the molecule is N/C(=C\C=C(/N)NC(=O)c1ccc(Oc2cc3c(cc2Cl)C(C(=O)[O-])CCO3)cc1)c1ccc(Cl)c(Cl)c1.[Na+]. The molecule has 1 aliphatic rings. The summed E-state index contributed by atoms with van der Waals surface area (Å²) in [5.74, 6) is -1.30. The van der Waals surface area contributed by atoms with Gasteiger partial charge in [0.25, 0.3) is 5.91 Å². The molecule has 3 aromatic carbocycles. The first kappa shape index (κ1) is 30.7. The van der Waals surface area contributed by atoms with Crippen LogP contribution >= 0.6 is 34.8 Å². The molecule has 0 aliphatic carbocycles. The third kappa shape index (κ3) is 7.63. The fourth-order valence-corrected chi connectivity index (χ4v) is 4.22. The van der Waals surface area contributed by atoms with Crippen LogP contribution in [0.25, 0.3) is 5.70 Å². The fourth-order valence-electron chi connectivity index (χ4n) is 3.71. The molecular weight excluding hydrogens is 576 g/mol. The van der Waals surface area contributed by atoms with E-state index in [-0.39, 0.29) is 52.8 Å². The normalized spacial score (nSPS) is 14.9. The van der Waals surface area contributed by atoms with Gasteiger partial charge >= 0.3 is 29.6 Å². The number of halogens is 3. The molecule has 0 saturated heterocycles. The summed E-state index contributed by atoms with van der Waals surface area (Å²) in [6.07, 6.45) is 3.29. The number of nitrogens with two attached hydrogens (primary N) is 2. The number of benzene rings is 3. The van der Waals surface area contributed by atoms with Gasteiger partial charge in [-0.3, -0.25) is 4.79 Å². The number of ether oxygens (including phenoxy) is 2. The summed E-state index contributed by atoms with van der Waals surface area (Å²) in [5, 5.41) is 15.0. The van der Waals surface area contributed by atoms with Gasteiger partial charge in [0.1, 0.15) is 23.1 Å². The van der Waals surface area contributed by atoms with Crippen molar-refractivity contribution in [2.45, 2.75) is 12.3 Å². The smallest absolute Gasteiger partial charge is 0.549 e. The molecule has 0 spiro atoms. The maximum absolute atomic E-state index is 12.6. The third-order valence-electron chi connectivity index (χ3n) is 5.69. The Morgan fingerprint density at radius 1 is 0.949 bits per heavy atom. The second-order valence-corrected chi connectivity index (χ2v) is 9.50. The number of carboxylic acids is 1. The molecule has 0 bridgehead atoms. The van der Waals surface area contributed by atoms with Gasteiger partial charge in [0.2, 0.25) is 0 Å². The largest absolute Gasteiger partial charge is 1.00 e. The molecule has 3 aromatic rings. The van der Waals surface area contributed by atoms with Crippen LogP contribution in [0.2, 0.25) is 15.1 Å². The van der Waals surface area contributed by atoms with Gasteiger partial charge in [-0.1, -0.05) is 40.9 Å². The first-order valence-electron chi connectivity index (χ1n) is 11.3. The van der Waals surface area contributed by atoms with E-state index in [1.54, 1.807) is 42.5 Å². The maximum atomic E-state index is 12.6. The van der Waals surface area contributed by atoms with Crippen LogP contribution in [0.4, 0.5) is 0 Å². The van der Waals surface area contributed by atoms with E-state index in [0.29, 0.717) is 50.4 Å². The van der Waals surface area contributed by atoms with Crippen LogP contribution in [0.15, 0.2) is 72.6 Å². The van der Waals surface area contributed by atoms with E-state index >= 15 is 0 Å². The van der Waals surface area contributed by atoms with Gasteiger partial charge in [-0.25, -0.2) is 0 Å². The maximum Gasteiger partial charge on any atom is 1.00 e. The summed E-state index contributed by atoms with van der Waals surface area (Å²) in [7, 11) is 0. The number of hydrogen-bond acceptors (Lipinski definition) is 7. The molecule has 8 nitrogen and oxygen atoms in total. The van der Waals surface area contributed by atoms with Gasteiger partial charge in [-0.05, 0) is 66.6 Å². The number of carbonyl (C=O) groups excluding carboxylic acids is 2. The van der Waals surface area contributed by atoms with E-state index in [2.05, 4.69) is 5.32 Å². The van der Waals surface area contributed by atoms with Crippen molar-refractivity contribution in [2.24, 2.45) is 11.5 Å². The van der Waals surface area contributed by atoms with E-state index in [4.69, 9.17) is 55.7 Å². The Kier molecular flexibility index (Phi) is 10.6. The number of carboxylic acid groups (broad SMARTS) is 1. The number of rotatable bonds is 7. The summed E-state index contributed by atoms with van der Waals surface area (Å²) >= 11 is 18.2. The number of allylic oxidation sites excluding steroid dienone is 2. The molecule has 12 heteroatoms. The van der Waals surface area contributed by atoms with E-state index in [0.717, 1.165) is 0 Å². The summed E-state index contributed by atoms with van der Waals surface area (Å²) < 4.78 is 11.4. The molecule has 0 radical (unpaired) electrons. The van der Waals surface area contributed by atoms with Crippen molar-refractivity contribution in [3.8, 4) is 17.2 Å². The zero-order chi connectivity index (χ0) is 27.4. The molecule has 1 heterocycles. The number of carbonyl (C=O) groups is 2. The molecule has 1 unspecified atom stereocenters. The molecular formula is C27H21Cl3N3NaO5. The molecule has 196 valence electrons. The standard InChI is InChI=1S/C27H22Cl3N3O5.Na/c28-19-6-3-15(11-20(19)29)22(31)7-8-25(32)33-26(34)14-1-4-16(5-2-14)38-24-13-23-18(12-21(24)30)17(27(35)36)9-10-37-23;/h1-8,11-13,17H,9-10,31-32H2,(H,33,34)(H,35,36);/q;+1/p-1/b22-7-,25-8+;. The molecule has 5 N–H and O–H groups in total. The van der Waals surface area contributed by atoms with Gasteiger partial charge in [0, 0.05) is 34.8 Å². The number of amides is 1. The number of fused-ring (bicyclic) bond motifs is 1. The Hall–Kier alpha value is -2.85. The first-order chi connectivity index (χ1) is 18.1. The van der Waals surface area contributed by atoms with Crippen molar-refractivity contribution in [3.05, 3.63) is 104 Å². The summed E-state index contributed by atoms with van der Waals surface area (Å²) in [4.78, 5) is 24.0. The molecule has 39 heavy (non-hydrogen) atoms. The van der Waals surface area contributed by atoms with Crippen LogP contribution in [0, 0.1) is 0 Å². The Balaban J connectivity index is 0.00000420.